The van der Waals surface area contributed by atoms with Crippen LogP contribution in [0.4, 0.5) is 0 Å². The van der Waals surface area contributed by atoms with Crippen molar-refractivity contribution in [3.05, 3.63) is 0 Å². The summed E-state index contributed by atoms with van der Waals surface area (Å²) >= 11 is 0. The summed E-state index contributed by atoms with van der Waals surface area (Å²) in [5.74, 6) is 0.463. The highest BCUT2D eigenvalue weighted by Crippen LogP contribution is 2.66. The maximum Gasteiger partial charge on any atom is 0.0631 e. The minimum atomic E-state index is -0.551. The minimum absolute atomic E-state index is 0.0356. The Bertz CT molecular complexity index is 382. The summed E-state index contributed by atoms with van der Waals surface area (Å²) in [5.41, 5.74) is 0.996. The second-order valence-electron chi connectivity index (χ2n) is 9.77. The minimum Gasteiger partial charge on any atom is -0.0916 e. The van der Waals surface area contributed by atoms with Gasteiger partial charge in [-0.15, -0.1) is 0 Å². The molecular formula is C20H36B2. The van der Waals surface area contributed by atoms with Crippen molar-refractivity contribution >= 4 is 15.7 Å². The Morgan fingerprint density at radius 1 is 1.05 bits per heavy atom. The standard InChI is InChI=1S/C20H36B2/c1-6-7-12-19-13-9-8-11-18(19,5)15-16(10-14-19)20(21,22)17(2,3)4/h16H,6-15H2,1-5H3. The van der Waals surface area contributed by atoms with Crippen molar-refractivity contribution in [3.63, 3.8) is 0 Å². The molecule has 3 atom stereocenters. The van der Waals surface area contributed by atoms with Gasteiger partial charge in [0, 0.05) is 0 Å². The van der Waals surface area contributed by atoms with Gasteiger partial charge < -0.3 is 0 Å². The SMILES string of the molecule is [B]C([B])(C1CCC2(CCCC)CCCCC2(C)C1)C(C)(C)C. The predicted octanol–water partition coefficient (Wildman–Crippen LogP) is 6.04. The lowest BCUT2D eigenvalue weighted by molar-refractivity contribution is -0.0777. The second kappa shape index (κ2) is 6.21. The van der Waals surface area contributed by atoms with Crippen LogP contribution in [0.5, 0.6) is 0 Å². The second-order valence-corrected chi connectivity index (χ2v) is 9.77. The van der Waals surface area contributed by atoms with Crippen molar-refractivity contribution < 1.29 is 0 Å². The molecule has 0 amide bonds. The van der Waals surface area contributed by atoms with E-state index in [1.165, 1.54) is 64.2 Å². The van der Waals surface area contributed by atoms with E-state index in [9.17, 15) is 0 Å². The fraction of sp³-hybridized carbons (Fsp3) is 1.00. The molecule has 4 radical (unpaired) electrons. The van der Waals surface area contributed by atoms with Crippen molar-refractivity contribution in [2.45, 2.75) is 104 Å². The highest BCUT2D eigenvalue weighted by atomic mass is 14.6. The zero-order valence-corrected chi connectivity index (χ0v) is 15.8. The normalized spacial score (nSPS) is 36.9. The number of hydrogen-bond donors (Lipinski definition) is 0. The van der Waals surface area contributed by atoms with E-state index in [1.807, 2.05) is 0 Å². The van der Waals surface area contributed by atoms with Crippen LogP contribution >= 0.6 is 0 Å². The first-order valence-corrected chi connectivity index (χ1v) is 9.66. The van der Waals surface area contributed by atoms with Gasteiger partial charge in [-0.25, -0.2) is 0 Å². The van der Waals surface area contributed by atoms with Crippen LogP contribution in [0.1, 0.15) is 98.8 Å². The Hall–Kier alpha value is 0.130. The summed E-state index contributed by atoms with van der Waals surface area (Å²) < 4.78 is 0. The van der Waals surface area contributed by atoms with E-state index in [0.717, 1.165) is 0 Å². The summed E-state index contributed by atoms with van der Waals surface area (Å²) in [5, 5.41) is -0.551. The van der Waals surface area contributed by atoms with E-state index < -0.39 is 5.21 Å². The van der Waals surface area contributed by atoms with E-state index >= 15 is 0 Å². The van der Waals surface area contributed by atoms with Crippen molar-refractivity contribution in [2.75, 3.05) is 0 Å². The summed E-state index contributed by atoms with van der Waals surface area (Å²) in [6.07, 6.45) is 13.6. The first-order chi connectivity index (χ1) is 10.1. The van der Waals surface area contributed by atoms with Crippen molar-refractivity contribution in [1.82, 2.24) is 0 Å². The van der Waals surface area contributed by atoms with Gasteiger partial charge >= 0.3 is 0 Å². The van der Waals surface area contributed by atoms with Crippen LogP contribution in [0, 0.1) is 22.2 Å². The van der Waals surface area contributed by atoms with Gasteiger partial charge in [0.15, 0.2) is 0 Å². The third-order valence-electron chi connectivity index (χ3n) is 7.57. The molecule has 0 saturated heterocycles. The first-order valence-electron chi connectivity index (χ1n) is 9.66. The van der Waals surface area contributed by atoms with Crippen LogP contribution in [0.2, 0.25) is 5.21 Å². The molecule has 2 aliphatic rings. The molecule has 0 aromatic rings. The third kappa shape index (κ3) is 3.05. The number of rotatable bonds is 4. The Balaban J connectivity index is 2.23. The van der Waals surface area contributed by atoms with Crippen molar-refractivity contribution in [1.29, 1.82) is 0 Å². The van der Waals surface area contributed by atoms with Gasteiger partial charge in [0.2, 0.25) is 0 Å². The molecule has 2 fully saturated rings. The molecule has 2 saturated carbocycles. The quantitative estimate of drug-likeness (QED) is 0.555. The molecule has 0 heterocycles. The summed E-state index contributed by atoms with van der Waals surface area (Å²) in [4.78, 5) is 0. The van der Waals surface area contributed by atoms with E-state index in [0.29, 0.717) is 16.7 Å². The van der Waals surface area contributed by atoms with Crippen LogP contribution in [0.3, 0.4) is 0 Å². The fourth-order valence-corrected chi connectivity index (χ4v) is 5.47. The fourth-order valence-electron chi connectivity index (χ4n) is 5.47. The largest absolute Gasteiger partial charge is 0.0916 e. The monoisotopic (exact) mass is 298 g/mol. The molecule has 0 N–H and O–H groups in total. The number of hydrogen-bond acceptors (Lipinski definition) is 0. The van der Waals surface area contributed by atoms with Gasteiger partial charge in [-0.3, -0.25) is 0 Å². The topological polar surface area (TPSA) is 0 Å². The van der Waals surface area contributed by atoms with Gasteiger partial charge in [0.25, 0.3) is 0 Å². The van der Waals surface area contributed by atoms with Gasteiger partial charge in [-0.2, -0.15) is 0 Å². The molecule has 0 aromatic carbocycles. The predicted molar refractivity (Wildman–Crippen MR) is 99.5 cm³/mol. The van der Waals surface area contributed by atoms with Gasteiger partial charge in [0.05, 0.1) is 15.7 Å². The average Bonchev–Trinajstić information content (AvgIpc) is 2.43. The molecule has 2 aliphatic carbocycles. The molecule has 0 aliphatic heterocycles. The van der Waals surface area contributed by atoms with E-state index in [-0.39, 0.29) is 5.41 Å². The summed E-state index contributed by atoms with van der Waals surface area (Å²) in [7, 11) is 13.3. The number of unbranched alkanes of at least 4 members (excludes halogenated alkanes) is 1. The maximum atomic E-state index is 6.67. The summed E-state index contributed by atoms with van der Waals surface area (Å²) in [6.45, 7) is 11.5. The number of fused-ring (bicyclic) bond motifs is 1. The Morgan fingerprint density at radius 2 is 1.68 bits per heavy atom. The highest BCUT2D eigenvalue weighted by Gasteiger charge is 2.54. The Labute approximate surface area is 142 Å². The van der Waals surface area contributed by atoms with Gasteiger partial charge in [-0.05, 0) is 48.3 Å². The lowest BCUT2D eigenvalue weighted by Crippen LogP contribution is -2.51. The van der Waals surface area contributed by atoms with Crippen LogP contribution in [0.25, 0.3) is 0 Å². The van der Waals surface area contributed by atoms with Gasteiger partial charge in [0.1, 0.15) is 0 Å². The molecule has 0 aromatic heterocycles. The van der Waals surface area contributed by atoms with Crippen molar-refractivity contribution in [3.8, 4) is 0 Å². The van der Waals surface area contributed by atoms with Crippen LogP contribution in [-0.4, -0.2) is 15.7 Å². The van der Waals surface area contributed by atoms with Crippen molar-refractivity contribution in [2.24, 2.45) is 22.2 Å². The smallest absolute Gasteiger partial charge is 0.0631 e. The molecule has 2 rings (SSSR count). The molecule has 2 heteroatoms. The zero-order valence-electron chi connectivity index (χ0n) is 15.8. The molecule has 0 nitrogen and oxygen atoms in total. The first kappa shape index (κ1) is 18.5. The Morgan fingerprint density at radius 3 is 2.27 bits per heavy atom. The van der Waals surface area contributed by atoms with Crippen LogP contribution < -0.4 is 0 Å². The zero-order chi connectivity index (χ0) is 16.6. The van der Waals surface area contributed by atoms with Crippen LogP contribution in [-0.2, 0) is 0 Å². The average molecular weight is 298 g/mol. The maximum absolute atomic E-state index is 6.67. The highest BCUT2D eigenvalue weighted by molar-refractivity contribution is 6.40. The molecule has 0 bridgehead atoms. The molecule has 22 heavy (non-hydrogen) atoms. The lowest BCUT2D eigenvalue weighted by Gasteiger charge is -2.61. The lowest BCUT2D eigenvalue weighted by atomic mass is 9.34. The van der Waals surface area contributed by atoms with E-state index in [4.69, 9.17) is 15.7 Å². The molecule has 3 unspecified atom stereocenters. The van der Waals surface area contributed by atoms with Gasteiger partial charge in [-0.1, -0.05) is 77.9 Å². The third-order valence-corrected chi connectivity index (χ3v) is 7.57. The molecule has 122 valence electrons. The van der Waals surface area contributed by atoms with Crippen LogP contribution in [0.15, 0.2) is 0 Å². The molecular weight excluding hydrogens is 262 g/mol. The van der Waals surface area contributed by atoms with E-state index in [2.05, 4.69) is 34.6 Å². The molecule has 0 spiro atoms. The summed E-state index contributed by atoms with van der Waals surface area (Å²) in [6, 6.07) is 0. The Kier molecular flexibility index (Phi) is 5.21. The van der Waals surface area contributed by atoms with E-state index in [1.54, 1.807) is 0 Å².